The summed E-state index contributed by atoms with van der Waals surface area (Å²) in [6.07, 6.45) is 0.397. The standard InChI is InChI=1S/C16H17FO/c1-12-5-3-7-14(9-12)16(2,18)11-13-6-4-8-15(17)10-13/h3-10,18H,11H2,1-2H3. The number of benzene rings is 2. The Morgan fingerprint density at radius 2 is 1.83 bits per heavy atom. The van der Waals surface area contributed by atoms with Gasteiger partial charge in [0, 0.05) is 6.42 Å². The highest BCUT2D eigenvalue weighted by Crippen LogP contribution is 2.26. The molecule has 0 radical (unpaired) electrons. The maximum Gasteiger partial charge on any atom is 0.123 e. The van der Waals surface area contributed by atoms with Gasteiger partial charge in [-0.05, 0) is 37.1 Å². The van der Waals surface area contributed by atoms with Crippen LogP contribution < -0.4 is 0 Å². The predicted molar refractivity (Wildman–Crippen MR) is 70.9 cm³/mol. The first kappa shape index (κ1) is 12.8. The Morgan fingerprint density at radius 3 is 2.50 bits per heavy atom. The van der Waals surface area contributed by atoms with Gasteiger partial charge >= 0.3 is 0 Å². The average molecular weight is 244 g/mol. The molecule has 0 saturated carbocycles. The van der Waals surface area contributed by atoms with Gasteiger partial charge in [-0.15, -0.1) is 0 Å². The van der Waals surface area contributed by atoms with Crippen molar-refractivity contribution in [3.8, 4) is 0 Å². The first-order valence-electron chi connectivity index (χ1n) is 6.01. The number of aliphatic hydroxyl groups is 1. The molecule has 18 heavy (non-hydrogen) atoms. The van der Waals surface area contributed by atoms with Crippen LogP contribution in [0, 0.1) is 12.7 Å². The molecule has 1 unspecified atom stereocenters. The van der Waals surface area contributed by atoms with Crippen LogP contribution in [0.1, 0.15) is 23.6 Å². The van der Waals surface area contributed by atoms with Crippen molar-refractivity contribution in [2.45, 2.75) is 25.9 Å². The maximum atomic E-state index is 13.1. The third-order valence-electron chi connectivity index (χ3n) is 3.08. The van der Waals surface area contributed by atoms with E-state index >= 15 is 0 Å². The summed E-state index contributed by atoms with van der Waals surface area (Å²) in [5, 5.41) is 10.5. The fraction of sp³-hybridized carbons (Fsp3) is 0.250. The third-order valence-corrected chi connectivity index (χ3v) is 3.08. The summed E-state index contributed by atoms with van der Waals surface area (Å²) in [4.78, 5) is 0. The summed E-state index contributed by atoms with van der Waals surface area (Å²) < 4.78 is 13.1. The lowest BCUT2D eigenvalue weighted by atomic mass is 9.88. The van der Waals surface area contributed by atoms with E-state index in [1.165, 1.54) is 12.1 Å². The van der Waals surface area contributed by atoms with Crippen LogP contribution in [0.25, 0.3) is 0 Å². The Morgan fingerprint density at radius 1 is 1.11 bits per heavy atom. The largest absolute Gasteiger partial charge is 0.385 e. The van der Waals surface area contributed by atoms with Crippen LogP contribution in [0.2, 0.25) is 0 Å². The normalized spacial score (nSPS) is 14.2. The summed E-state index contributed by atoms with van der Waals surface area (Å²) >= 11 is 0. The lowest BCUT2D eigenvalue weighted by Gasteiger charge is -2.24. The molecule has 0 bridgehead atoms. The smallest absolute Gasteiger partial charge is 0.123 e. The van der Waals surface area contributed by atoms with Gasteiger partial charge in [-0.25, -0.2) is 4.39 Å². The predicted octanol–water partition coefficient (Wildman–Crippen LogP) is 3.58. The maximum absolute atomic E-state index is 13.1. The van der Waals surface area contributed by atoms with Crippen molar-refractivity contribution in [2.75, 3.05) is 0 Å². The van der Waals surface area contributed by atoms with Gasteiger partial charge in [-0.3, -0.25) is 0 Å². The van der Waals surface area contributed by atoms with Crippen molar-refractivity contribution in [3.05, 3.63) is 71.0 Å². The van der Waals surface area contributed by atoms with E-state index < -0.39 is 5.60 Å². The Balaban J connectivity index is 2.26. The van der Waals surface area contributed by atoms with Gasteiger partial charge in [0.05, 0.1) is 5.60 Å². The van der Waals surface area contributed by atoms with Crippen molar-refractivity contribution in [2.24, 2.45) is 0 Å². The lowest BCUT2D eigenvalue weighted by molar-refractivity contribution is 0.0575. The Hall–Kier alpha value is -1.67. The molecular weight excluding hydrogens is 227 g/mol. The van der Waals surface area contributed by atoms with Gasteiger partial charge in [-0.2, -0.15) is 0 Å². The zero-order chi connectivity index (χ0) is 13.2. The van der Waals surface area contributed by atoms with Crippen LogP contribution in [0.4, 0.5) is 4.39 Å². The second kappa shape index (κ2) is 4.91. The molecule has 0 aliphatic rings. The summed E-state index contributed by atoms with van der Waals surface area (Å²) in [7, 11) is 0. The second-order valence-electron chi connectivity index (χ2n) is 4.95. The molecule has 1 N–H and O–H groups in total. The highest BCUT2D eigenvalue weighted by molar-refractivity contribution is 5.29. The molecule has 1 atom stereocenters. The first-order chi connectivity index (χ1) is 8.47. The van der Waals surface area contributed by atoms with Crippen LogP contribution in [0.5, 0.6) is 0 Å². The van der Waals surface area contributed by atoms with E-state index in [0.717, 1.165) is 16.7 Å². The molecule has 0 heterocycles. The number of rotatable bonds is 3. The number of halogens is 1. The van der Waals surface area contributed by atoms with E-state index in [1.807, 2.05) is 37.3 Å². The van der Waals surface area contributed by atoms with Crippen LogP contribution >= 0.6 is 0 Å². The first-order valence-corrected chi connectivity index (χ1v) is 6.01. The molecule has 94 valence electrons. The molecule has 0 aliphatic heterocycles. The molecule has 0 fully saturated rings. The molecule has 0 amide bonds. The SMILES string of the molecule is Cc1cccc(C(C)(O)Cc2cccc(F)c2)c1. The van der Waals surface area contributed by atoms with Gasteiger partial charge in [0.25, 0.3) is 0 Å². The summed E-state index contributed by atoms with van der Waals surface area (Å²) in [6, 6.07) is 14.1. The van der Waals surface area contributed by atoms with E-state index in [2.05, 4.69) is 0 Å². The zero-order valence-electron chi connectivity index (χ0n) is 10.7. The Bertz CT molecular complexity index is 546. The van der Waals surface area contributed by atoms with Gasteiger partial charge in [0.15, 0.2) is 0 Å². The molecule has 2 rings (SSSR count). The fourth-order valence-electron chi connectivity index (χ4n) is 2.13. The Labute approximate surface area is 107 Å². The molecule has 2 aromatic rings. The summed E-state index contributed by atoms with van der Waals surface area (Å²) in [6.45, 7) is 3.74. The van der Waals surface area contributed by atoms with Crippen LogP contribution in [-0.2, 0) is 12.0 Å². The van der Waals surface area contributed by atoms with E-state index in [-0.39, 0.29) is 5.82 Å². The number of aryl methyl sites for hydroxylation is 1. The highest BCUT2D eigenvalue weighted by atomic mass is 19.1. The third kappa shape index (κ3) is 2.96. The van der Waals surface area contributed by atoms with E-state index in [9.17, 15) is 9.50 Å². The van der Waals surface area contributed by atoms with Gasteiger partial charge in [0.2, 0.25) is 0 Å². The van der Waals surface area contributed by atoms with Crippen LogP contribution in [0.3, 0.4) is 0 Å². The molecule has 2 aromatic carbocycles. The number of hydrogen-bond donors (Lipinski definition) is 1. The van der Waals surface area contributed by atoms with Crippen molar-refractivity contribution < 1.29 is 9.50 Å². The molecular formula is C16H17FO. The number of hydrogen-bond acceptors (Lipinski definition) is 1. The minimum absolute atomic E-state index is 0.271. The lowest BCUT2D eigenvalue weighted by Crippen LogP contribution is -2.24. The zero-order valence-corrected chi connectivity index (χ0v) is 10.7. The van der Waals surface area contributed by atoms with E-state index in [4.69, 9.17) is 0 Å². The summed E-state index contributed by atoms with van der Waals surface area (Å²) in [5.74, 6) is -0.271. The van der Waals surface area contributed by atoms with E-state index in [0.29, 0.717) is 6.42 Å². The molecule has 1 nitrogen and oxygen atoms in total. The minimum Gasteiger partial charge on any atom is -0.385 e. The highest BCUT2D eigenvalue weighted by Gasteiger charge is 2.23. The van der Waals surface area contributed by atoms with Gasteiger partial charge in [-0.1, -0.05) is 42.0 Å². The fourth-order valence-corrected chi connectivity index (χ4v) is 2.13. The molecule has 0 spiro atoms. The van der Waals surface area contributed by atoms with Gasteiger partial charge in [0.1, 0.15) is 5.82 Å². The second-order valence-corrected chi connectivity index (χ2v) is 4.95. The monoisotopic (exact) mass is 244 g/mol. The van der Waals surface area contributed by atoms with Crippen LogP contribution in [0.15, 0.2) is 48.5 Å². The Kier molecular flexibility index (Phi) is 3.48. The van der Waals surface area contributed by atoms with Crippen molar-refractivity contribution >= 4 is 0 Å². The van der Waals surface area contributed by atoms with Crippen LogP contribution in [-0.4, -0.2) is 5.11 Å². The molecule has 0 saturated heterocycles. The molecule has 2 heteroatoms. The average Bonchev–Trinajstić information content (AvgIpc) is 2.28. The minimum atomic E-state index is -0.986. The van der Waals surface area contributed by atoms with Crippen molar-refractivity contribution in [1.29, 1.82) is 0 Å². The quantitative estimate of drug-likeness (QED) is 0.875. The van der Waals surface area contributed by atoms with Crippen molar-refractivity contribution in [3.63, 3.8) is 0 Å². The van der Waals surface area contributed by atoms with Crippen molar-refractivity contribution in [1.82, 2.24) is 0 Å². The topological polar surface area (TPSA) is 20.2 Å². The summed E-state index contributed by atoms with van der Waals surface area (Å²) in [5.41, 5.74) is 1.76. The molecule has 0 aliphatic carbocycles. The molecule has 0 aromatic heterocycles. The van der Waals surface area contributed by atoms with E-state index in [1.54, 1.807) is 13.0 Å². The van der Waals surface area contributed by atoms with Gasteiger partial charge < -0.3 is 5.11 Å².